The van der Waals surface area contributed by atoms with Crippen LogP contribution >= 0.6 is 0 Å². The van der Waals surface area contributed by atoms with Crippen LogP contribution in [-0.2, 0) is 43.9 Å². The van der Waals surface area contributed by atoms with Crippen LogP contribution < -0.4 is 4.72 Å². The smallest absolute Gasteiger partial charge is 0.397 e. The van der Waals surface area contributed by atoms with Gasteiger partial charge in [0.1, 0.15) is 24.4 Å². The maximum Gasteiger partial charge on any atom is 0.397 e. The first-order valence-corrected chi connectivity index (χ1v) is 11.0. The van der Waals surface area contributed by atoms with Crippen LogP contribution in [0.1, 0.15) is 6.42 Å². The second-order valence-electron chi connectivity index (χ2n) is 6.49. The van der Waals surface area contributed by atoms with E-state index in [-0.39, 0.29) is 0 Å². The molecule has 18 heteroatoms. The van der Waals surface area contributed by atoms with Crippen molar-refractivity contribution in [3.05, 3.63) is 0 Å². The number of aliphatic hydroxyl groups is 3. The van der Waals surface area contributed by atoms with Gasteiger partial charge in [0.05, 0.1) is 25.4 Å². The standard InChI is InChI=1S/C12H21NO15S2/c14-5-1-7(28-11(9(5)16)12(17)18)27-10-6(3-26-30(22,23)24)25-2-4(8(10)15)13-29(19,20)21/h4-11,13-16H,1-3H2,(H,17,18)(H,19,20,21)(H,22,23,24). The Hall–Kier alpha value is -1.03. The van der Waals surface area contributed by atoms with E-state index in [0.29, 0.717) is 0 Å². The number of aliphatic hydroxyl groups excluding tert-OH is 3. The first kappa shape index (κ1) is 25.2. The first-order chi connectivity index (χ1) is 13.7. The molecule has 0 radical (unpaired) electrons. The zero-order chi connectivity index (χ0) is 22.9. The number of aliphatic carboxylic acids is 1. The van der Waals surface area contributed by atoms with Crippen molar-refractivity contribution in [1.29, 1.82) is 0 Å². The summed E-state index contributed by atoms with van der Waals surface area (Å²) in [6, 6.07) is -1.48. The summed E-state index contributed by atoms with van der Waals surface area (Å²) in [5, 5.41) is 39.0. The summed E-state index contributed by atoms with van der Waals surface area (Å²) in [5.41, 5.74) is 0. The van der Waals surface area contributed by atoms with Gasteiger partial charge in [0.25, 0.3) is 0 Å². The summed E-state index contributed by atoms with van der Waals surface area (Å²) in [7, 11) is -9.72. The fourth-order valence-corrected chi connectivity index (χ4v) is 3.83. The zero-order valence-corrected chi connectivity index (χ0v) is 16.5. The minimum absolute atomic E-state index is 0.476. The zero-order valence-electron chi connectivity index (χ0n) is 14.9. The van der Waals surface area contributed by atoms with Gasteiger partial charge in [-0.15, -0.1) is 0 Å². The molecule has 0 aromatic carbocycles. The molecule has 8 unspecified atom stereocenters. The van der Waals surface area contributed by atoms with Gasteiger partial charge in [0, 0.05) is 6.42 Å². The van der Waals surface area contributed by atoms with Crippen molar-refractivity contribution in [1.82, 2.24) is 4.72 Å². The predicted molar refractivity (Wildman–Crippen MR) is 89.5 cm³/mol. The van der Waals surface area contributed by atoms with E-state index in [1.807, 2.05) is 0 Å². The minimum Gasteiger partial charge on any atom is -0.479 e. The third kappa shape index (κ3) is 7.00. The normalized spacial score (nSPS) is 38.3. The Morgan fingerprint density at radius 1 is 1.10 bits per heavy atom. The molecule has 0 saturated carbocycles. The molecule has 2 saturated heterocycles. The Morgan fingerprint density at radius 3 is 2.27 bits per heavy atom. The molecule has 0 aliphatic carbocycles. The van der Waals surface area contributed by atoms with Gasteiger partial charge in [0.15, 0.2) is 12.4 Å². The Bertz CT molecular complexity index is 813. The van der Waals surface area contributed by atoms with E-state index >= 15 is 0 Å². The maximum atomic E-state index is 11.2. The molecule has 2 rings (SSSR count). The van der Waals surface area contributed by atoms with E-state index in [1.54, 1.807) is 4.72 Å². The van der Waals surface area contributed by atoms with Crippen LogP contribution in [0.3, 0.4) is 0 Å². The number of hydrogen-bond donors (Lipinski definition) is 7. The lowest BCUT2D eigenvalue weighted by atomic mass is 9.98. The molecule has 0 aromatic heterocycles. The first-order valence-electron chi connectivity index (χ1n) is 8.24. The van der Waals surface area contributed by atoms with Gasteiger partial charge < -0.3 is 34.6 Å². The molecule has 8 atom stereocenters. The molecule has 7 N–H and O–H groups in total. The number of hydrogen-bond acceptors (Lipinski definition) is 12. The lowest BCUT2D eigenvalue weighted by Crippen LogP contribution is -2.62. The van der Waals surface area contributed by atoms with Crippen LogP contribution in [0.4, 0.5) is 0 Å². The van der Waals surface area contributed by atoms with E-state index in [0.717, 1.165) is 0 Å². The second kappa shape index (κ2) is 9.63. The van der Waals surface area contributed by atoms with Gasteiger partial charge in [0.2, 0.25) is 0 Å². The average molecular weight is 483 g/mol. The molecule has 0 amide bonds. The Morgan fingerprint density at radius 2 is 1.73 bits per heavy atom. The Labute approximate surface area is 170 Å². The van der Waals surface area contributed by atoms with Gasteiger partial charge in [-0.2, -0.15) is 21.6 Å². The van der Waals surface area contributed by atoms with E-state index < -0.39 is 95.3 Å². The van der Waals surface area contributed by atoms with Gasteiger partial charge in [-0.3, -0.25) is 9.11 Å². The van der Waals surface area contributed by atoms with Crippen molar-refractivity contribution >= 4 is 26.7 Å². The summed E-state index contributed by atoms with van der Waals surface area (Å²) in [4.78, 5) is 11.2. The third-order valence-electron chi connectivity index (χ3n) is 4.28. The van der Waals surface area contributed by atoms with Crippen molar-refractivity contribution in [2.75, 3.05) is 13.2 Å². The molecule has 30 heavy (non-hydrogen) atoms. The fraction of sp³-hybridized carbons (Fsp3) is 0.917. The van der Waals surface area contributed by atoms with E-state index in [2.05, 4.69) is 4.18 Å². The van der Waals surface area contributed by atoms with Gasteiger partial charge in [-0.25, -0.2) is 8.98 Å². The summed E-state index contributed by atoms with van der Waals surface area (Å²) in [5.74, 6) is -1.63. The largest absolute Gasteiger partial charge is 0.479 e. The highest BCUT2D eigenvalue weighted by Crippen LogP contribution is 2.27. The molecule has 0 spiro atoms. The van der Waals surface area contributed by atoms with Crippen LogP contribution in [0.2, 0.25) is 0 Å². The molecule has 0 bridgehead atoms. The molecule has 2 aliphatic rings. The van der Waals surface area contributed by atoms with Crippen LogP contribution in [-0.4, -0.2) is 115 Å². The molecule has 2 aliphatic heterocycles. The molecule has 0 aromatic rings. The van der Waals surface area contributed by atoms with Gasteiger partial charge in [-0.1, -0.05) is 0 Å². The average Bonchev–Trinajstić information content (AvgIpc) is 2.58. The minimum atomic E-state index is -4.93. The molecule has 16 nitrogen and oxygen atoms in total. The van der Waals surface area contributed by atoms with Crippen LogP contribution in [0.5, 0.6) is 0 Å². The Kier molecular flexibility index (Phi) is 8.10. The van der Waals surface area contributed by atoms with Crippen LogP contribution in [0.25, 0.3) is 0 Å². The highest BCUT2D eigenvalue weighted by molar-refractivity contribution is 7.83. The van der Waals surface area contributed by atoms with E-state index in [4.69, 9.17) is 28.4 Å². The molecule has 2 fully saturated rings. The Balaban J connectivity index is 2.20. The van der Waals surface area contributed by atoms with E-state index in [1.165, 1.54) is 0 Å². The SMILES string of the molecule is O=C(O)C1OC(OC2C(COS(=O)(=O)O)OCC(NS(=O)(=O)O)C2O)CC(O)C1O. The van der Waals surface area contributed by atoms with Crippen molar-refractivity contribution in [3.63, 3.8) is 0 Å². The third-order valence-corrected chi connectivity index (χ3v) is 5.31. The molecular formula is C12H21NO15S2. The second-order valence-corrected chi connectivity index (χ2v) is 8.77. The van der Waals surface area contributed by atoms with Crippen LogP contribution in [0, 0.1) is 0 Å². The molecule has 176 valence electrons. The summed E-state index contributed by atoms with van der Waals surface area (Å²) in [6.07, 6.45) is -12.3. The fourth-order valence-electron chi connectivity index (χ4n) is 2.93. The number of carboxylic acids is 1. The summed E-state index contributed by atoms with van der Waals surface area (Å²) >= 11 is 0. The summed E-state index contributed by atoms with van der Waals surface area (Å²) < 4.78 is 82.6. The number of ether oxygens (including phenoxy) is 3. The van der Waals surface area contributed by atoms with E-state index in [9.17, 15) is 36.9 Å². The quantitative estimate of drug-likeness (QED) is 0.161. The lowest BCUT2D eigenvalue weighted by Gasteiger charge is -2.43. The number of carbonyl (C=O) groups is 1. The summed E-state index contributed by atoms with van der Waals surface area (Å²) in [6.45, 7) is -1.48. The topological polar surface area (TPSA) is 256 Å². The predicted octanol–water partition coefficient (Wildman–Crippen LogP) is -4.37. The monoisotopic (exact) mass is 483 g/mol. The number of carboxylic acid groups (broad SMARTS) is 1. The van der Waals surface area contributed by atoms with Crippen molar-refractivity contribution < 1.29 is 69.6 Å². The highest BCUT2D eigenvalue weighted by Gasteiger charge is 2.47. The molecular weight excluding hydrogens is 462 g/mol. The molecule has 2 heterocycles. The van der Waals surface area contributed by atoms with Crippen molar-refractivity contribution in [2.24, 2.45) is 0 Å². The maximum absolute atomic E-state index is 11.2. The highest BCUT2D eigenvalue weighted by atomic mass is 32.3. The van der Waals surface area contributed by atoms with Crippen LogP contribution in [0.15, 0.2) is 0 Å². The lowest BCUT2D eigenvalue weighted by molar-refractivity contribution is -0.293. The van der Waals surface area contributed by atoms with Crippen molar-refractivity contribution in [3.8, 4) is 0 Å². The number of rotatable bonds is 8. The van der Waals surface area contributed by atoms with Gasteiger partial charge in [-0.05, 0) is 0 Å². The van der Waals surface area contributed by atoms with Gasteiger partial charge >= 0.3 is 26.7 Å². The van der Waals surface area contributed by atoms with Crippen molar-refractivity contribution in [2.45, 2.75) is 55.4 Å². The number of nitrogens with one attached hydrogen (secondary N) is 1.